The van der Waals surface area contributed by atoms with E-state index in [1.54, 1.807) is 12.1 Å². The molecule has 0 aliphatic carbocycles. The second kappa shape index (κ2) is 5.13. The third kappa shape index (κ3) is 2.57. The van der Waals surface area contributed by atoms with Gasteiger partial charge in [0.1, 0.15) is 5.65 Å². The van der Waals surface area contributed by atoms with Gasteiger partial charge in [-0.05, 0) is 26.0 Å². The topological polar surface area (TPSA) is 34.9 Å². The van der Waals surface area contributed by atoms with Gasteiger partial charge in [0.2, 0.25) is 3.79 Å². The summed E-state index contributed by atoms with van der Waals surface area (Å²) in [4.78, 5) is 16.7. The van der Waals surface area contributed by atoms with E-state index in [2.05, 4.69) is 4.98 Å². The second-order valence-electron chi connectivity index (χ2n) is 4.06. The molecule has 0 bridgehead atoms. The van der Waals surface area contributed by atoms with Crippen molar-refractivity contribution in [2.75, 3.05) is 0 Å². The first-order valence-electron chi connectivity index (χ1n) is 5.54. The highest BCUT2D eigenvalue weighted by Gasteiger charge is 2.32. The number of aryl methyl sites for hydroxylation is 2. The van der Waals surface area contributed by atoms with Gasteiger partial charge in [-0.3, -0.25) is 9.36 Å². The highest BCUT2D eigenvalue weighted by Crippen LogP contribution is 2.41. The Morgan fingerprint density at radius 2 is 1.95 bits per heavy atom. The second-order valence-corrected chi connectivity index (χ2v) is 6.72. The molecule has 19 heavy (non-hydrogen) atoms. The number of fused-ring (bicyclic) bond motifs is 1. The number of aromatic nitrogens is 2. The molecule has 0 aliphatic rings. The maximum atomic E-state index is 12.4. The van der Waals surface area contributed by atoms with Gasteiger partial charge in [0, 0.05) is 17.6 Å². The van der Waals surface area contributed by atoms with Crippen molar-refractivity contribution >= 4 is 57.4 Å². The van der Waals surface area contributed by atoms with Crippen molar-refractivity contribution in [2.45, 2.75) is 24.2 Å². The quantitative estimate of drug-likeness (QED) is 0.729. The van der Waals surface area contributed by atoms with Crippen LogP contribution in [0.25, 0.3) is 11.0 Å². The van der Waals surface area contributed by atoms with Crippen molar-refractivity contribution < 1.29 is 0 Å². The number of nitrogens with zero attached hydrogens (tertiary/aromatic N) is 2. The van der Waals surface area contributed by atoms with Crippen molar-refractivity contribution in [3.05, 3.63) is 38.8 Å². The van der Waals surface area contributed by atoms with Crippen LogP contribution < -0.4 is 5.56 Å². The molecule has 0 aromatic carbocycles. The van der Waals surface area contributed by atoms with Gasteiger partial charge < -0.3 is 0 Å². The smallest absolute Gasteiger partial charge is 0.261 e. The molecule has 0 aliphatic heterocycles. The number of alkyl halides is 3. The van der Waals surface area contributed by atoms with E-state index < -0.39 is 9.35 Å². The monoisotopic (exact) mass is 338 g/mol. The molecule has 0 saturated heterocycles. The van der Waals surface area contributed by atoms with E-state index in [1.165, 1.54) is 4.57 Å². The minimum Gasteiger partial charge on any atom is -0.293 e. The molecule has 0 N–H and O–H groups in total. The summed E-state index contributed by atoms with van der Waals surface area (Å²) < 4.78 is -0.421. The van der Waals surface area contributed by atoms with Crippen LogP contribution in [-0.2, 0) is 10.3 Å². The number of hydrogen-bond acceptors (Lipinski definition) is 2. The third-order valence-corrected chi connectivity index (χ3v) is 3.74. The highest BCUT2D eigenvalue weighted by atomic mass is 35.6. The van der Waals surface area contributed by atoms with Crippen LogP contribution >= 0.6 is 46.4 Å². The van der Waals surface area contributed by atoms with E-state index in [9.17, 15) is 4.79 Å². The Labute approximate surface area is 130 Å². The molecule has 0 atom stereocenters. The lowest BCUT2D eigenvalue weighted by Crippen LogP contribution is -2.28. The SMILES string of the molecule is CCn1c(=O)c(C(Cl)(Cl)Cl)c(Cl)c2ccc(C)nc21. The van der Waals surface area contributed by atoms with Crippen molar-refractivity contribution in [1.29, 1.82) is 0 Å². The van der Waals surface area contributed by atoms with Crippen molar-refractivity contribution in [2.24, 2.45) is 0 Å². The van der Waals surface area contributed by atoms with Crippen LogP contribution in [0.5, 0.6) is 0 Å². The summed E-state index contributed by atoms with van der Waals surface area (Å²) in [6, 6.07) is 3.56. The van der Waals surface area contributed by atoms with Gasteiger partial charge in [-0.25, -0.2) is 4.98 Å². The zero-order chi connectivity index (χ0) is 14.4. The van der Waals surface area contributed by atoms with Gasteiger partial charge >= 0.3 is 0 Å². The lowest BCUT2D eigenvalue weighted by atomic mass is 10.2. The molecule has 0 fully saturated rings. The molecule has 7 heteroatoms. The Kier molecular flexibility index (Phi) is 4.03. The van der Waals surface area contributed by atoms with Gasteiger partial charge in [0.25, 0.3) is 5.56 Å². The van der Waals surface area contributed by atoms with Gasteiger partial charge in [0.05, 0.1) is 10.6 Å². The third-order valence-electron chi connectivity index (χ3n) is 2.78. The van der Waals surface area contributed by atoms with Crippen LogP contribution in [0.1, 0.15) is 18.2 Å². The number of rotatable bonds is 1. The number of hydrogen-bond donors (Lipinski definition) is 0. The minimum absolute atomic E-state index is 0.0424. The van der Waals surface area contributed by atoms with E-state index in [1.807, 2.05) is 13.8 Å². The zero-order valence-corrected chi connectivity index (χ0v) is 13.2. The zero-order valence-electron chi connectivity index (χ0n) is 10.2. The molecule has 0 amide bonds. The maximum Gasteiger partial charge on any atom is 0.261 e. The lowest BCUT2D eigenvalue weighted by molar-refractivity contribution is 0.738. The van der Waals surface area contributed by atoms with E-state index in [0.717, 1.165) is 5.69 Å². The summed E-state index contributed by atoms with van der Waals surface area (Å²) in [5, 5.41) is 0.729. The highest BCUT2D eigenvalue weighted by molar-refractivity contribution is 6.67. The molecule has 0 radical (unpaired) electrons. The Hall–Kier alpha value is -0.480. The Balaban J connectivity index is 3.04. The average molecular weight is 340 g/mol. The fraction of sp³-hybridized carbons (Fsp3) is 0.333. The predicted octanol–water partition coefficient (Wildman–Crippen LogP) is 4.20. The fourth-order valence-electron chi connectivity index (χ4n) is 1.92. The molecular weight excluding hydrogens is 330 g/mol. The number of pyridine rings is 2. The van der Waals surface area contributed by atoms with Gasteiger partial charge in [-0.15, -0.1) is 0 Å². The van der Waals surface area contributed by atoms with Crippen LogP contribution in [0.3, 0.4) is 0 Å². The molecule has 0 spiro atoms. The van der Waals surface area contributed by atoms with E-state index >= 15 is 0 Å². The van der Waals surface area contributed by atoms with Crippen LogP contribution in [0.4, 0.5) is 0 Å². The van der Waals surface area contributed by atoms with Crippen LogP contribution in [0, 0.1) is 6.92 Å². The van der Waals surface area contributed by atoms with Gasteiger partial charge in [-0.2, -0.15) is 0 Å². The van der Waals surface area contributed by atoms with Crippen molar-refractivity contribution in [3.63, 3.8) is 0 Å². The first-order valence-corrected chi connectivity index (χ1v) is 7.05. The maximum absolute atomic E-state index is 12.4. The molecule has 0 saturated carbocycles. The van der Waals surface area contributed by atoms with E-state index in [-0.39, 0.29) is 10.6 Å². The first kappa shape index (κ1) is 14.9. The van der Waals surface area contributed by atoms with Gasteiger partial charge in [-0.1, -0.05) is 46.4 Å². The first-order chi connectivity index (χ1) is 8.77. The number of halogens is 4. The summed E-state index contributed by atoms with van der Waals surface area (Å²) >= 11 is 23.7. The molecule has 0 unspecified atom stereocenters. The molecule has 2 heterocycles. The van der Waals surface area contributed by atoms with Crippen LogP contribution in [-0.4, -0.2) is 9.55 Å². The summed E-state index contributed by atoms with van der Waals surface area (Å²) in [6.07, 6.45) is 0. The largest absolute Gasteiger partial charge is 0.293 e. The summed E-state index contributed by atoms with van der Waals surface area (Å²) in [7, 11) is 0. The summed E-state index contributed by atoms with van der Waals surface area (Å²) in [5.74, 6) is 0. The normalized spacial score (nSPS) is 12.1. The minimum atomic E-state index is -1.87. The van der Waals surface area contributed by atoms with Gasteiger partial charge in [0.15, 0.2) is 0 Å². The standard InChI is InChI=1S/C12H10Cl4N2O/c1-3-18-10-7(5-4-6(2)17-10)9(13)8(11(18)19)12(14,15)16/h4-5H,3H2,1-2H3. The Morgan fingerprint density at radius 1 is 1.32 bits per heavy atom. The van der Waals surface area contributed by atoms with Crippen LogP contribution in [0.2, 0.25) is 5.02 Å². The van der Waals surface area contributed by atoms with Crippen LogP contribution in [0.15, 0.2) is 16.9 Å². The van der Waals surface area contributed by atoms with E-state index in [0.29, 0.717) is 17.6 Å². The van der Waals surface area contributed by atoms with E-state index in [4.69, 9.17) is 46.4 Å². The summed E-state index contributed by atoms with van der Waals surface area (Å²) in [6.45, 7) is 4.07. The molecule has 2 aromatic heterocycles. The Morgan fingerprint density at radius 3 is 2.47 bits per heavy atom. The lowest BCUT2D eigenvalue weighted by Gasteiger charge is -2.17. The molecular formula is C12H10Cl4N2O. The fourth-order valence-corrected chi connectivity index (χ4v) is 2.96. The van der Waals surface area contributed by atoms with Crippen molar-refractivity contribution in [1.82, 2.24) is 9.55 Å². The Bertz CT molecular complexity index is 703. The predicted molar refractivity (Wildman–Crippen MR) is 80.7 cm³/mol. The molecule has 3 nitrogen and oxygen atoms in total. The molecule has 2 rings (SSSR count). The summed E-state index contributed by atoms with van der Waals surface area (Å²) in [5.41, 5.74) is 0.805. The molecule has 102 valence electrons. The molecule has 2 aromatic rings. The average Bonchev–Trinajstić information content (AvgIpc) is 2.27. The van der Waals surface area contributed by atoms with Crippen molar-refractivity contribution in [3.8, 4) is 0 Å².